The van der Waals surface area contributed by atoms with E-state index in [-0.39, 0.29) is 11.9 Å². The Kier molecular flexibility index (Phi) is 5.02. The van der Waals surface area contributed by atoms with Gasteiger partial charge in [0.15, 0.2) is 0 Å². The summed E-state index contributed by atoms with van der Waals surface area (Å²) < 4.78 is 5.78. The largest absolute Gasteiger partial charge is 0.460 e. The van der Waals surface area contributed by atoms with Crippen LogP contribution in [0.15, 0.2) is 34.7 Å². The van der Waals surface area contributed by atoms with Crippen molar-refractivity contribution in [2.45, 2.75) is 32.9 Å². The lowest BCUT2D eigenvalue weighted by Gasteiger charge is -2.22. The molecule has 0 saturated carbocycles. The van der Waals surface area contributed by atoms with Gasteiger partial charge in [-0.15, -0.1) is 0 Å². The predicted molar refractivity (Wildman–Crippen MR) is 85.0 cm³/mol. The van der Waals surface area contributed by atoms with E-state index < -0.39 is 0 Å². The number of carbonyl (C=O) groups excluding carboxylic acids is 1. The SMILES string of the molecule is CC(C)CC(NCc1cc2ccccc2o1)C(=O)N(C)C. The molecular weight excluding hydrogens is 264 g/mol. The summed E-state index contributed by atoms with van der Waals surface area (Å²) in [6.45, 7) is 4.81. The molecule has 0 radical (unpaired) electrons. The van der Waals surface area contributed by atoms with E-state index in [1.165, 1.54) is 0 Å². The van der Waals surface area contributed by atoms with E-state index >= 15 is 0 Å². The third kappa shape index (κ3) is 4.08. The zero-order valence-electron chi connectivity index (χ0n) is 13.2. The standard InChI is InChI=1S/C17H24N2O2/c1-12(2)9-15(17(20)19(3)4)18-11-14-10-13-7-5-6-8-16(13)21-14/h5-8,10,12,15,18H,9,11H2,1-4H3. The fraction of sp³-hybridized carbons (Fsp3) is 0.471. The molecule has 0 bridgehead atoms. The van der Waals surface area contributed by atoms with Crippen molar-refractivity contribution >= 4 is 16.9 Å². The summed E-state index contributed by atoms with van der Waals surface area (Å²) in [5.41, 5.74) is 0.883. The summed E-state index contributed by atoms with van der Waals surface area (Å²) in [4.78, 5) is 13.8. The summed E-state index contributed by atoms with van der Waals surface area (Å²) in [5, 5.41) is 4.42. The van der Waals surface area contributed by atoms with Crippen molar-refractivity contribution in [2.75, 3.05) is 14.1 Å². The van der Waals surface area contributed by atoms with Gasteiger partial charge in [0, 0.05) is 19.5 Å². The Balaban J connectivity index is 2.04. The number of hydrogen-bond donors (Lipinski definition) is 1. The molecule has 2 aromatic rings. The molecule has 1 N–H and O–H groups in total. The van der Waals surface area contributed by atoms with E-state index in [0.29, 0.717) is 12.5 Å². The van der Waals surface area contributed by atoms with Crippen molar-refractivity contribution in [3.05, 3.63) is 36.1 Å². The van der Waals surface area contributed by atoms with Crippen LogP contribution in [-0.4, -0.2) is 30.9 Å². The normalized spacial score (nSPS) is 12.8. The fourth-order valence-corrected chi connectivity index (χ4v) is 2.40. The molecule has 114 valence electrons. The van der Waals surface area contributed by atoms with Crippen LogP contribution in [0.1, 0.15) is 26.0 Å². The van der Waals surface area contributed by atoms with Gasteiger partial charge in [0.2, 0.25) is 5.91 Å². The Morgan fingerprint density at radius 1 is 1.29 bits per heavy atom. The molecule has 4 nitrogen and oxygen atoms in total. The van der Waals surface area contributed by atoms with Crippen LogP contribution in [0.4, 0.5) is 0 Å². The first-order chi connectivity index (χ1) is 9.97. The quantitative estimate of drug-likeness (QED) is 0.888. The fourth-order valence-electron chi connectivity index (χ4n) is 2.40. The molecule has 0 aliphatic carbocycles. The summed E-state index contributed by atoms with van der Waals surface area (Å²) in [6.07, 6.45) is 0.817. The van der Waals surface area contributed by atoms with Crippen LogP contribution in [0.5, 0.6) is 0 Å². The minimum absolute atomic E-state index is 0.111. The number of para-hydroxylation sites is 1. The van der Waals surface area contributed by atoms with E-state index in [1.54, 1.807) is 19.0 Å². The van der Waals surface area contributed by atoms with Gasteiger partial charge >= 0.3 is 0 Å². The van der Waals surface area contributed by atoms with Crippen LogP contribution in [0.25, 0.3) is 11.0 Å². The molecule has 0 saturated heterocycles. The lowest BCUT2D eigenvalue weighted by Crippen LogP contribution is -2.44. The van der Waals surface area contributed by atoms with Gasteiger partial charge in [-0.2, -0.15) is 0 Å². The zero-order chi connectivity index (χ0) is 15.4. The Morgan fingerprint density at radius 3 is 2.62 bits per heavy atom. The van der Waals surface area contributed by atoms with Gasteiger partial charge in [0.1, 0.15) is 11.3 Å². The summed E-state index contributed by atoms with van der Waals surface area (Å²) >= 11 is 0. The van der Waals surface area contributed by atoms with Crippen molar-refractivity contribution in [1.29, 1.82) is 0 Å². The molecule has 1 heterocycles. The van der Waals surface area contributed by atoms with Crippen LogP contribution in [0.2, 0.25) is 0 Å². The van der Waals surface area contributed by atoms with Gasteiger partial charge in [-0.05, 0) is 24.5 Å². The van der Waals surface area contributed by atoms with Crippen LogP contribution in [-0.2, 0) is 11.3 Å². The van der Waals surface area contributed by atoms with E-state index in [0.717, 1.165) is 23.2 Å². The van der Waals surface area contributed by atoms with Crippen molar-refractivity contribution < 1.29 is 9.21 Å². The number of fused-ring (bicyclic) bond motifs is 1. The van der Waals surface area contributed by atoms with Crippen molar-refractivity contribution in [2.24, 2.45) is 5.92 Å². The highest BCUT2D eigenvalue weighted by Crippen LogP contribution is 2.19. The highest BCUT2D eigenvalue weighted by atomic mass is 16.3. The van der Waals surface area contributed by atoms with Crippen molar-refractivity contribution in [1.82, 2.24) is 10.2 Å². The molecule has 1 atom stereocenters. The van der Waals surface area contributed by atoms with Gasteiger partial charge < -0.3 is 9.32 Å². The zero-order valence-corrected chi connectivity index (χ0v) is 13.2. The topological polar surface area (TPSA) is 45.5 Å². The minimum Gasteiger partial charge on any atom is -0.460 e. The molecule has 2 rings (SSSR count). The highest BCUT2D eigenvalue weighted by molar-refractivity contribution is 5.81. The van der Waals surface area contributed by atoms with E-state index in [1.807, 2.05) is 30.3 Å². The molecule has 1 aromatic heterocycles. The number of rotatable bonds is 6. The van der Waals surface area contributed by atoms with Crippen LogP contribution >= 0.6 is 0 Å². The van der Waals surface area contributed by atoms with E-state index in [2.05, 4.69) is 19.2 Å². The summed E-state index contributed by atoms with van der Waals surface area (Å²) in [7, 11) is 3.58. The maximum Gasteiger partial charge on any atom is 0.239 e. The molecule has 0 aliphatic heterocycles. The smallest absolute Gasteiger partial charge is 0.239 e. The number of amides is 1. The maximum atomic E-state index is 12.2. The number of carbonyl (C=O) groups is 1. The van der Waals surface area contributed by atoms with Gasteiger partial charge in [-0.1, -0.05) is 32.0 Å². The lowest BCUT2D eigenvalue weighted by molar-refractivity contribution is -0.131. The number of nitrogens with zero attached hydrogens (tertiary/aromatic N) is 1. The first kappa shape index (κ1) is 15.6. The Morgan fingerprint density at radius 2 is 2.00 bits per heavy atom. The van der Waals surface area contributed by atoms with Crippen molar-refractivity contribution in [3.8, 4) is 0 Å². The Hall–Kier alpha value is -1.81. The second-order valence-electron chi connectivity index (χ2n) is 6.05. The van der Waals surface area contributed by atoms with Gasteiger partial charge in [-0.3, -0.25) is 10.1 Å². The average molecular weight is 288 g/mol. The van der Waals surface area contributed by atoms with Crippen LogP contribution in [0.3, 0.4) is 0 Å². The van der Waals surface area contributed by atoms with Gasteiger partial charge in [0.25, 0.3) is 0 Å². The molecule has 0 fully saturated rings. The maximum absolute atomic E-state index is 12.2. The van der Waals surface area contributed by atoms with Crippen LogP contribution < -0.4 is 5.32 Å². The predicted octanol–water partition coefficient (Wildman–Crippen LogP) is 3.03. The van der Waals surface area contributed by atoms with E-state index in [9.17, 15) is 4.79 Å². The molecule has 0 aliphatic rings. The first-order valence-corrected chi connectivity index (χ1v) is 7.39. The Bertz CT molecular complexity index is 569. The van der Waals surface area contributed by atoms with Gasteiger partial charge in [0.05, 0.1) is 12.6 Å². The molecular formula is C17H24N2O2. The Labute approximate surface area is 126 Å². The van der Waals surface area contributed by atoms with E-state index in [4.69, 9.17) is 4.42 Å². The molecule has 4 heteroatoms. The molecule has 1 aromatic carbocycles. The number of benzene rings is 1. The lowest BCUT2D eigenvalue weighted by atomic mass is 10.0. The molecule has 1 amide bonds. The minimum atomic E-state index is -0.173. The van der Waals surface area contributed by atoms with Crippen LogP contribution in [0, 0.1) is 5.92 Å². The third-order valence-electron chi connectivity index (χ3n) is 3.45. The number of nitrogens with one attached hydrogen (secondary N) is 1. The molecule has 1 unspecified atom stereocenters. The number of likely N-dealkylation sites (N-methyl/N-ethyl adjacent to an activating group) is 1. The third-order valence-corrected chi connectivity index (χ3v) is 3.45. The summed E-state index contributed by atoms with van der Waals surface area (Å²) in [5.74, 6) is 1.43. The molecule has 21 heavy (non-hydrogen) atoms. The first-order valence-electron chi connectivity index (χ1n) is 7.39. The monoisotopic (exact) mass is 288 g/mol. The molecule has 0 spiro atoms. The van der Waals surface area contributed by atoms with Crippen molar-refractivity contribution in [3.63, 3.8) is 0 Å². The number of furan rings is 1. The summed E-state index contributed by atoms with van der Waals surface area (Å²) in [6, 6.07) is 9.78. The number of hydrogen-bond acceptors (Lipinski definition) is 3. The average Bonchev–Trinajstić information content (AvgIpc) is 2.84. The second kappa shape index (κ2) is 6.76. The van der Waals surface area contributed by atoms with Gasteiger partial charge in [-0.25, -0.2) is 0 Å². The highest BCUT2D eigenvalue weighted by Gasteiger charge is 2.21. The second-order valence-corrected chi connectivity index (χ2v) is 6.05.